The Morgan fingerprint density at radius 3 is 2.67 bits per heavy atom. The average Bonchev–Trinajstić information content (AvgIpc) is 2.29. The molecule has 2 aromatic rings. The van der Waals surface area contributed by atoms with Gasteiger partial charge in [-0.3, -0.25) is 9.78 Å². The quantitative estimate of drug-likeness (QED) is 0.839. The van der Waals surface area contributed by atoms with Gasteiger partial charge in [-0.1, -0.05) is 11.6 Å². The predicted molar refractivity (Wildman–Crippen MR) is 71.8 cm³/mol. The minimum atomic E-state index is -0.717. The van der Waals surface area contributed by atoms with Gasteiger partial charge in [0.1, 0.15) is 0 Å². The first-order chi connectivity index (χ1) is 8.41. The molecule has 1 aromatic heterocycles. The molecule has 0 aliphatic rings. The van der Waals surface area contributed by atoms with Crippen molar-refractivity contribution in [2.24, 2.45) is 0 Å². The molecule has 0 amide bonds. The van der Waals surface area contributed by atoms with Crippen LogP contribution in [0.3, 0.4) is 0 Å². The fourth-order valence-electron chi connectivity index (χ4n) is 1.50. The number of benzene rings is 1. The number of nitrogens with zero attached hydrogens (tertiary/aromatic N) is 1. The SMILES string of the molecule is Cc1c(O)n(-c2ccc(Cl)cc2Br)c(=O)[nH]c1=O. The van der Waals surface area contributed by atoms with Gasteiger partial charge in [0.05, 0.1) is 11.3 Å². The zero-order valence-electron chi connectivity index (χ0n) is 9.20. The van der Waals surface area contributed by atoms with Crippen LogP contribution in [0.2, 0.25) is 5.02 Å². The summed E-state index contributed by atoms with van der Waals surface area (Å²) in [6.45, 7) is 1.42. The molecule has 94 valence electrons. The largest absolute Gasteiger partial charge is 0.494 e. The lowest BCUT2D eigenvalue weighted by atomic mass is 10.3. The monoisotopic (exact) mass is 330 g/mol. The minimum Gasteiger partial charge on any atom is -0.494 e. The van der Waals surface area contributed by atoms with E-state index < -0.39 is 17.1 Å². The topological polar surface area (TPSA) is 75.1 Å². The van der Waals surface area contributed by atoms with Crippen LogP contribution < -0.4 is 11.2 Å². The highest BCUT2D eigenvalue weighted by atomic mass is 79.9. The first-order valence-corrected chi connectivity index (χ1v) is 6.09. The number of halogens is 2. The van der Waals surface area contributed by atoms with Crippen molar-refractivity contribution in [2.75, 3.05) is 0 Å². The summed E-state index contributed by atoms with van der Waals surface area (Å²) in [5.41, 5.74) is -0.873. The molecule has 0 fully saturated rings. The fourth-order valence-corrected chi connectivity index (χ4v) is 2.36. The van der Waals surface area contributed by atoms with Crippen LogP contribution in [0.1, 0.15) is 5.56 Å². The Balaban J connectivity index is 2.84. The van der Waals surface area contributed by atoms with Crippen molar-refractivity contribution >= 4 is 27.5 Å². The second-order valence-corrected chi connectivity index (χ2v) is 4.93. The summed E-state index contributed by atoms with van der Waals surface area (Å²) >= 11 is 9.05. The van der Waals surface area contributed by atoms with E-state index in [1.807, 2.05) is 0 Å². The molecule has 2 rings (SSSR count). The number of rotatable bonds is 1. The number of nitrogens with one attached hydrogen (secondary N) is 1. The molecule has 0 radical (unpaired) electrons. The third-order valence-corrected chi connectivity index (χ3v) is 3.33. The van der Waals surface area contributed by atoms with Crippen LogP contribution in [0.5, 0.6) is 5.88 Å². The maximum atomic E-state index is 11.7. The van der Waals surface area contributed by atoms with Crippen LogP contribution in [0.15, 0.2) is 32.3 Å². The van der Waals surface area contributed by atoms with E-state index in [4.69, 9.17) is 11.6 Å². The van der Waals surface area contributed by atoms with E-state index in [9.17, 15) is 14.7 Å². The minimum absolute atomic E-state index is 0.0662. The maximum Gasteiger partial charge on any atom is 0.335 e. The van der Waals surface area contributed by atoms with Gasteiger partial charge in [-0.2, -0.15) is 0 Å². The van der Waals surface area contributed by atoms with Gasteiger partial charge >= 0.3 is 5.69 Å². The highest BCUT2D eigenvalue weighted by Gasteiger charge is 2.14. The lowest BCUT2D eigenvalue weighted by molar-refractivity contribution is 0.426. The molecule has 0 aliphatic carbocycles. The summed E-state index contributed by atoms with van der Waals surface area (Å²) in [4.78, 5) is 25.2. The summed E-state index contributed by atoms with van der Waals surface area (Å²) < 4.78 is 1.52. The highest BCUT2D eigenvalue weighted by Crippen LogP contribution is 2.26. The molecule has 0 atom stereocenters. The molecule has 1 aromatic carbocycles. The molecule has 0 bridgehead atoms. The Kier molecular flexibility index (Phi) is 3.32. The first-order valence-electron chi connectivity index (χ1n) is 4.92. The molecule has 0 spiro atoms. The number of hydrogen-bond donors (Lipinski definition) is 2. The number of H-pyrrole nitrogens is 1. The van der Waals surface area contributed by atoms with Crippen LogP contribution >= 0.6 is 27.5 Å². The zero-order valence-corrected chi connectivity index (χ0v) is 11.5. The summed E-state index contributed by atoms with van der Waals surface area (Å²) in [5, 5.41) is 10.4. The Morgan fingerprint density at radius 2 is 2.06 bits per heavy atom. The number of hydrogen-bond acceptors (Lipinski definition) is 3. The number of aromatic hydroxyl groups is 1. The molecule has 1 heterocycles. The van der Waals surface area contributed by atoms with E-state index >= 15 is 0 Å². The van der Waals surface area contributed by atoms with Crippen molar-refractivity contribution < 1.29 is 5.11 Å². The summed E-state index contributed by atoms with van der Waals surface area (Å²) in [6, 6.07) is 4.72. The van der Waals surface area contributed by atoms with Gasteiger partial charge < -0.3 is 5.11 Å². The number of aromatic nitrogens is 2. The average molecular weight is 332 g/mol. The van der Waals surface area contributed by atoms with Crippen LogP contribution in [0, 0.1) is 6.92 Å². The molecule has 5 nitrogen and oxygen atoms in total. The van der Waals surface area contributed by atoms with Crippen LogP contribution in [-0.4, -0.2) is 14.7 Å². The summed E-state index contributed by atoms with van der Waals surface area (Å²) in [7, 11) is 0. The van der Waals surface area contributed by atoms with Crippen molar-refractivity contribution in [3.8, 4) is 11.6 Å². The standard InChI is InChI=1S/C11H8BrClN2O3/c1-5-9(16)14-11(18)15(10(5)17)8-3-2-6(13)4-7(8)12/h2-4,17H,1H3,(H,14,16,18). The van der Waals surface area contributed by atoms with E-state index in [0.717, 1.165) is 4.57 Å². The predicted octanol–water partition coefficient (Wildman–Crippen LogP) is 1.96. The smallest absolute Gasteiger partial charge is 0.335 e. The van der Waals surface area contributed by atoms with Gasteiger partial charge in [-0.05, 0) is 41.1 Å². The third-order valence-electron chi connectivity index (χ3n) is 2.46. The Labute approximate surface area is 115 Å². The second-order valence-electron chi connectivity index (χ2n) is 3.64. The molecular formula is C11H8BrClN2O3. The molecule has 0 aliphatic heterocycles. The molecule has 18 heavy (non-hydrogen) atoms. The lowest BCUT2D eigenvalue weighted by Gasteiger charge is -2.11. The fraction of sp³-hybridized carbons (Fsp3) is 0.0909. The Morgan fingerprint density at radius 1 is 1.39 bits per heavy atom. The van der Waals surface area contributed by atoms with Gasteiger partial charge in [0.25, 0.3) is 5.56 Å². The lowest BCUT2D eigenvalue weighted by Crippen LogP contribution is -2.30. The third kappa shape index (κ3) is 2.09. The van der Waals surface area contributed by atoms with Crippen molar-refractivity contribution in [3.63, 3.8) is 0 Å². The Bertz CT molecular complexity index is 736. The molecule has 0 saturated heterocycles. The summed E-state index contributed by atoms with van der Waals surface area (Å²) in [5.74, 6) is -0.397. The van der Waals surface area contributed by atoms with Crippen molar-refractivity contribution in [1.29, 1.82) is 0 Å². The van der Waals surface area contributed by atoms with E-state index in [1.54, 1.807) is 18.2 Å². The van der Waals surface area contributed by atoms with Crippen LogP contribution in [-0.2, 0) is 0 Å². The second kappa shape index (κ2) is 4.62. The van der Waals surface area contributed by atoms with E-state index in [2.05, 4.69) is 20.9 Å². The van der Waals surface area contributed by atoms with E-state index in [1.165, 1.54) is 6.92 Å². The van der Waals surface area contributed by atoms with Crippen molar-refractivity contribution in [3.05, 3.63) is 54.1 Å². The van der Waals surface area contributed by atoms with Gasteiger partial charge in [-0.25, -0.2) is 9.36 Å². The maximum absolute atomic E-state index is 11.7. The zero-order chi connectivity index (χ0) is 13.4. The summed E-state index contributed by atoms with van der Waals surface area (Å²) in [6.07, 6.45) is 0. The molecule has 0 saturated carbocycles. The van der Waals surface area contributed by atoms with Crippen molar-refractivity contribution in [1.82, 2.24) is 9.55 Å². The van der Waals surface area contributed by atoms with Crippen molar-refractivity contribution in [2.45, 2.75) is 6.92 Å². The number of aromatic amines is 1. The van der Waals surface area contributed by atoms with Gasteiger partial charge in [0, 0.05) is 9.50 Å². The molecule has 7 heteroatoms. The molecule has 0 unspecified atom stereocenters. The Hall–Kier alpha value is -1.53. The van der Waals surface area contributed by atoms with Gasteiger partial charge in [0.15, 0.2) is 0 Å². The van der Waals surface area contributed by atoms with Crippen LogP contribution in [0.4, 0.5) is 0 Å². The normalized spacial score (nSPS) is 10.6. The molecule has 2 N–H and O–H groups in total. The van der Waals surface area contributed by atoms with E-state index in [-0.39, 0.29) is 5.56 Å². The van der Waals surface area contributed by atoms with Gasteiger partial charge in [-0.15, -0.1) is 0 Å². The van der Waals surface area contributed by atoms with E-state index in [0.29, 0.717) is 15.2 Å². The molecular weight excluding hydrogens is 323 g/mol. The van der Waals surface area contributed by atoms with Crippen LogP contribution in [0.25, 0.3) is 5.69 Å². The van der Waals surface area contributed by atoms with Gasteiger partial charge in [0.2, 0.25) is 5.88 Å². The highest BCUT2D eigenvalue weighted by molar-refractivity contribution is 9.10. The first kappa shape index (κ1) is 12.9.